The van der Waals surface area contributed by atoms with Gasteiger partial charge in [-0.15, -0.1) is 0 Å². The van der Waals surface area contributed by atoms with Crippen molar-refractivity contribution in [2.24, 2.45) is 18.7 Å². The fourth-order valence-corrected chi connectivity index (χ4v) is 2.44. The molecule has 18 heavy (non-hydrogen) atoms. The van der Waals surface area contributed by atoms with Gasteiger partial charge in [-0.1, -0.05) is 0 Å². The van der Waals surface area contributed by atoms with Crippen LogP contribution in [0.5, 0.6) is 0 Å². The first-order valence-electron chi connectivity index (χ1n) is 6.67. The number of hydrogen-bond donors (Lipinski definition) is 2. The quantitative estimate of drug-likeness (QED) is 0.821. The SMILES string of the molecule is Cn1ccc(CCNC(=O)C2CCC(N)CC2)n1. The van der Waals surface area contributed by atoms with Crippen molar-refractivity contribution in [1.29, 1.82) is 0 Å². The van der Waals surface area contributed by atoms with Crippen molar-refractivity contribution in [2.45, 2.75) is 38.1 Å². The fraction of sp³-hybridized carbons (Fsp3) is 0.692. The number of nitrogens with one attached hydrogen (secondary N) is 1. The third-order valence-corrected chi connectivity index (χ3v) is 3.59. The molecule has 1 aromatic rings. The van der Waals surface area contributed by atoms with Crippen molar-refractivity contribution in [3.05, 3.63) is 18.0 Å². The molecule has 1 saturated carbocycles. The highest BCUT2D eigenvalue weighted by Gasteiger charge is 2.24. The van der Waals surface area contributed by atoms with E-state index >= 15 is 0 Å². The monoisotopic (exact) mass is 250 g/mol. The Labute approximate surface area is 108 Å². The molecular formula is C13H22N4O. The Kier molecular flexibility index (Phi) is 4.36. The van der Waals surface area contributed by atoms with Crippen LogP contribution in [0.15, 0.2) is 12.3 Å². The molecule has 1 heterocycles. The largest absolute Gasteiger partial charge is 0.355 e. The van der Waals surface area contributed by atoms with Crippen LogP contribution in [0.25, 0.3) is 0 Å². The van der Waals surface area contributed by atoms with E-state index in [1.807, 2.05) is 19.3 Å². The minimum Gasteiger partial charge on any atom is -0.355 e. The summed E-state index contributed by atoms with van der Waals surface area (Å²) in [4.78, 5) is 11.9. The van der Waals surface area contributed by atoms with Gasteiger partial charge < -0.3 is 11.1 Å². The summed E-state index contributed by atoms with van der Waals surface area (Å²) in [5.74, 6) is 0.339. The Morgan fingerprint density at radius 3 is 2.83 bits per heavy atom. The molecule has 1 amide bonds. The van der Waals surface area contributed by atoms with E-state index in [4.69, 9.17) is 5.73 Å². The van der Waals surface area contributed by atoms with Gasteiger partial charge >= 0.3 is 0 Å². The minimum atomic E-state index is 0.161. The Balaban J connectivity index is 1.68. The van der Waals surface area contributed by atoms with Crippen LogP contribution in [0, 0.1) is 5.92 Å². The van der Waals surface area contributed by atoms with E-state index < -0.39 is 0 Å². The molecule has 0 radical (unpaired) electrons. The molecule has 0 aliphatic heterocycles. The molecule has 0 saturated heterocycles. The van der Waals surface area contributed by atoms with Gasteiger partial charge in [-0.25, -0.2) is 0 Å². The van der Waals surface area contributed by atoms with E-state index in [2.05, 4.69) is 10.4 Å². The third-order valence-electron chi connectivity index (χ3n) is 3.59. The third kappa shape index (κ3) is 3.57. The normalized spacial score (nSPS) is 23.9. The zero-order valence-corrected chi connectivity index (χ0v) is 10.9. The fourth-order valence-electron chi connectivity index (χ4n) is 2.44. The zero-order chi connectivity index (χ0) is 13.0. The molecule has 0 spiro atoms. The topological polar surface area (TPSA) is 72.9 Å². The van der Waals surface area contributed by atoms with Gasteiger partial charge in [0, 0.05) is 38.2 Å². The van der Waals surface area contributed by atoms with Crippen LogP contribution in [0.3, 0.4) is 0 Å². The summed E-state index contributed by atoms with van der Waals surface area (Å²) < 4.78 is 1.78. The Hall–Kier alpha value is -1.36. The van der Waals surface area contributed by atoms with Crippen LogP contribution >= 0.6 is 0 Å². The van der Waals surface area contributed by atoms with Crippen molar-refractivity contribution in [3.63, 3.8) is 0 Å². The highest BCUT2D eigenvalue weighted by Crippen LogP contribution is 2.23. The van der Waals surface area contributed by atoms with E-state index in [9.17, 15) is 4.79 Å². The molecule has 2 rings (SSSR count). The van der Waals surface area contributed by atoms with Crippen LogP contribution in [0.4, 0.5) is 0 Å². The van der Waals surface area contributed by atoms with Crippen molar-refractivity contribution in [1.82, 2.24) is 15.1 Å². The average molecular weight is 250 g/mol. The highest BCUT2D eigenvalue weighted by atomic mass is 16.1. The molecular weight excluding hydrogens is 228 g/mol. The first-order valence-corrected chi connectivity index (χ1v) is 6.67. The maximum Gasteiger partial charge on any atom is 0.223 e. The van der Waals surface area contributed by atoms with E-state index in [-0.39, 0.29) is 11.8 Å². The lowest BCUT2D eigenvalue weighted by atomic mass is 9.86. The summed E-state index contributed by atoms with van der Waals surface area (Å²) in [5, 5.41) is 7.27. The molecule has 0 unspecified atom stereocenters. The number of aryl methyl sites for hydroxylation is 1. The molecule has 1 fully saturated rings. The Morgan fingerprint density at radius 2 is 2.22 bits per heavy atom. The van der Waals surface area contributed by atoms with E-state index in [1.54, 1.807) is 4.68 Å². The van der Waals surface area contributed by atoms with Crippen LogP contribution < -0.4 is 11.1 Å². The summed E-state index contributed by atoms with van der Waals surface area (Å²) in [6.07, 6.45) is 6.50. The molecule has 0 aromatic carbocycles. The van der Waals surface area contributed by atoms with Gasteiger partial charge in [-0.3, -0.25) is 9.48 Å². The van der Waals surface area contributed by atoms with Gasteiger partial charge in [0.05, 0.1) is 5.69 Å². The van der Waals surface area contributed by atoms with Crippen molar-refractivity contribution < 1.29 is 4.79 Å². The summed E-state index contributed by atoms with van der Waals surface area (Å²) in [5.41, 5.74) is 6.85. The molecule has 1 aromatic heterocycles. The summed E-state index contributed by atoms with van der Waals surface area (Å²) in [6, 6.07) is 2.27. The molecule has 3 N–H and O–H groups in total. The minimum absolute atomic E-state index is 0.161. The van der Waals surface area contributed by atoms with E-state index in [1.165, 1.54) is 0 Å². The number of rotatable bonds is 4. The van der Waals surface area contributed by atoms with Gasteiger partial charge in [0.25, 0.3) is 0 Å². The predicted octanol–water partition coefficient (Wildman–Crippen LogP) is 0.596. The van der Waals surface area contributed by atoms with Crippen LogP contribution in [0.2, 0.25) is 0 Å². The smallest absolute Gasteiger partial charge is 0.223 e. The first kappa shape index (κ1) is 13.1. The molecule has 1 aliphatic rings. The van der Waals surface area contributed by atoms with Gasteiger partial charge in [0.1, 0.15) is 0 Å². The number of carbonyl (C=O) groups is 1. The van der Waals surface area contributed by atoms with Crippen molar-refractivity contribution in [3.8, 4) is 0 Å². The molecule has 0 atom stereocenters. The van der Waals surface area contributed by atoms with Gasteiger partial charge in [-0.05, 0) is 31.7 Å². The second kappa shape index (κ2) is 6.00. The second-order valence-electron chi connectivity index (χ2n) is 5.13. The molecule has 1 aliphatic carbocycles. The van der Waals surface area contributed by atoms with E-state index in [0.717, 1.165) is 37.8 Å². The van der Waals surface area contributed by atoms with Crippen LogP contribution in [-0.4, -0.2) is 28.3 Å². The summed E-state index contributed by atoms with van der Waals surface area (Å²) >= 11 is 0. The second-order valence-corrected chi connectivity index (χ2v) is 5.13. The predicted molar refractivity (Wildman–Crippen MR) is 69.9 cm³/mol. The molecule has 5 nitrogen and oxygen atoms in total. The summed E-state index contributed by atoms with van der Waals surface area (Å²) in [6.45, 7) is 0.665. The van der Waals surface area contributed by atoms with E-state index in [0.29, 0.717) is 12.6 Å². The lowest BCUT2D eigenvalue weighted by molar-refractivity contribution is -0.125. The molecule has 100 valence electrons. The lowest BCUT2D eigenvalue weighted by Crippen LogP contribution is -2.37. The van der Waals surface area contributed by atoms with Gasteiger partial charge in [0.2, 0.25) is 5.91 Å². The number of hydrogen-bond acceptors (Lipinski definition) is 3. The number of amides is 1. The summed E-state index contributed by atoms with van der Waals surface area (Å²) in [7, 11) is 1.90. The Bertz CT molecular complexity index is 393. The number of aromatic nitrogens is 2. The molecule has 0 bridgehead atoms. The average Bonchev–Trinajstić information content (AvgIpc) is 2.76. The first-order chi connectivity index (χ1) is 8.65. The van der Waals surface area contributed by atoms with Crippen LogP contribution in [0.1, 0.15) is 31.4 Å². The molecule has 5 heteroatoms. The van der Waals surface area contributed by atoms with Crippen molar-refractivity contribution in [2.75, 3.05) is 6.54 Å². The highest BCUT2D eigenvalue weighted by molar-refractivity contribution is 5.78. The lowest BCUT2D eigenvalue weighted by Gasteiger charge is -2.25. The zero-order valence-electron chi connectivity index (χ0n) is 10.9. The standard InChI is InChI=1S/C13H22N4O/c1-17-9-7-12(16-17)6-8-15-13(18)10-2-4-11(14)5-3-10/h7,9-11H,2-6,8,14H2,1H3,(H,15,18). The van der Waals surface area contributed by atoms with Crippen molar-refractivity contribution >= 4 is 5.91 Å². The maximum absolute atomic E-state index is 11.9. The Morgan fingerprint density at radius 1 is 1.50 bits per heavy atom. The van der Waals surface area contributed by atoms with Gasteiger partial charge in [0.15, 0.2) is 0 Å². The van der Waals surface area contributed by atoms with Gasteiger partial charge in [-0.2, -0.15) is 5.10 Å². The number of carbonyl (C=O) groups excluding carboxylic acids is 1. The number of nitrogens with two attached hydrogens (primary N) is 1. The maximum atomic E-state index is 11.9. The van der Waals surface area contributed by atoms with Crippen LogP contribution in [-0.2, 0) is 18.3 Å². The number of nitrogens with zero attached hydrogens (tertiary/aromatic N) is 2.